The fourth-order valence-corrected chi connectivity index (χ4v) is 3.05. The molecule has 1 aliphatic rings. The van der Waals surface area contributed by atoms with E-state index in [2.05, 4.69) is 4.90 Å². The molecule has 0 aromatic heterocycles. The van der Waals surface area contributed by atoms with Gasteiger partial charge < -0.3 is 15.6 Å². The van der Waals surface area contributed by atoms with Crippen LogP contribution in [0.1, 0.15) is 31.4 Å². The minimum absolute atomic E-state index is 0.0228. The SMILES string of the molecule is CC(N)C(c1ccc(F)cc1)N1CCC(OCCO)CC1. The Bertz CT molecular complexity index is 417. The lowest BCUT2D eigenvalue weighted by Crippen LogP contribution is -2.45. The van der Waals surface area contributed by atoms with Crippen LogP contribution in [0.2, 0.25) is 0 Å². The lowest BCUT2D eigenvalue weighted by atomic mass is 9.96. The lowest BCUT2D eigenvalue weighted by Gasteiger charge is -2.39. The molecule has 0 radical (unpaired) electrons. The molecule has 1 aromatic rings. The summed E-state index contributed by atoms with van der Waals surface area (Å²) >= 11 is 0. The summed E-state index contributed by atoms with van der Waals surface area (Å²) in [6.07, 6.45) is 2.09. The second kappa shape index (κ2) is 7.84. The van der Waals surface area contributed by atoms with E-state index >= 15 is 0 Å². The molecular weight excluding hydrogens is 271 g/mol. The molecule has 1 aliphatic heterocycles. The number of nitrogens with two attached hydrogens (primary N) is 1. The molecule has 1 heterocycles. The van der Waals surface area contributed by atoms with Crippen molar-refractivity contribution in [3.05, 3.63) is 35.6 Å². The molecule has 0 aliphatic carbocycles. The first-order chi connectivity index (χ1) is 10.1. The summed E-state index contributed by atoms with van der Waals surface area (Å²) in [6, 6.07) is 6.69. The maximum atomic E-state index is 13.1. The molecule has 2 atom stereocenters. The summed E-state index contributed by atoms with van der Waals surface area (Å²) in [5.74, 6) is -0.224. The summed E-state index contributed by atoms with van der Waals surface area (Å²) in [6.45, 7) is 4.26. The minimum Gasteiger partial charge on any atom is -0.394 e. The number of benzene rings is 1. The van der Waals surface area contributed by atoms with Gasteiger partial charge in [0, 0.05) is 25.2 Å². The number of aliphatic hydroxyl groups is 1. The van der Waals surface area contributed by atoms with Crippen LogP contribution < -0.4 is 5.73 Å². The van der Waals surface area contributed by atoms with E-state index in [-0.39, 0.29) is 30.6 Å². The Labute approximate surface area is 125 Å². The molecule has 4 nitrogen and oxygen atoms in total. The van der Waals surface area contributed by atoms with E-state index < -0.39 is 0 Å². The van der Waals surface area contributed by atoms with E-state index in [1.807, 2.05) is 19.1 Å². The Morgan fingerprint density at radius 2 is 1.95 bits per heavy atom. The van der Waals surface area contributed by atoms with Crippen LogP contribution in [0.3, 0.4) is 0 Å². The number of piperidine rings is 1. The first-order valence-corrected chi connectivity index (χ1v) is 7.59. The van der Waals surface area contributed by atoms with Crippen molar-refractivity contribution in [2.45, 2.75) is 38.0 Å². The van der Waals surface area contributed by atoms with Gasteiger partial charge in [0.15, 0.2) is 0 Å². The highest BCUT2D eigenvalue weighted by Gasteiger charge is 2.28. The molecular formula is C16H25FN2O2. The molecule has 1 fully saturated rings. The zero-order valence-electron chi connectivity index (χ0n) is 12.5. The molecule has 2 unspecified atom stereocenters. The Morgan fingerprint density at radius 3 is 2.48 bits per heavy atom. The largest absolute Gasteiger partial charge is 0.394 e. The van der Waals surface area contributed by atoms with Gasteiger partial charge in [-0.25, -0.2) is 4.39 Å². The van der Waals surface area contributed by atoms with Gasteiger partial charge in [-0.05, 0) is 37.5 Å². The Hall–Kier alpha value is -1.01. The molecule has 1 saturated heterocycles. The van der Waals surface area contributed by atoms with Gasteiger partial charge >= 0.3 is 0 Å². The first kappa shape index (κ1) is 16.4. The summed E-state index contributed by atoms with van der Waals surface area (Å²) in [4.78, 5) is 2.34. The van der Waals surface area contributed by atoms with Gasteiger partial charge in [-0.2, -0.15) is 0 Å². The molecule has 0 spiro atoms. The number of nitrogens with zero attached hydrogens (tertiary/aromatic N) is 1. The maximum absolute atomic E-state index is 13.1. The van der Waals surface area contributed by atoms with E-state index in [0.717, 1.165) is 31.5 Å². The van der Waals surface area contributed by atoms with Crippen LogP contribution in [0.4, 0.5) is 4.39 Å². The van der Waals surface area contributed by atoms with E-state index in [1.54, 1.807) is 0 Å². The number of hydrogen-bond acceptors (Lipinski definition) is 4. The monoisotopic (exact) mass is 296 g/mol. The standard InChI is InChI=1S/C16H25FN2O2/c1-12(18)16(13-2-4-14(17)5-3-13)19-8-6-15(7-9-19)21-11-10-20/h2-5,12,15-16,20H,6-11,18H2,1H3. The van der Waals surface area contributed by atoms with Gasteiger partial charge in [-0.3, -0.25) is 4.90 Å². The predicted molar refractivity (Wildman–Crippen MR) is 80.4 cm³/mol. The predicted octanol–water partition coefficient (Wildman–Crippen LogP) is 1.69. The smallest absolute Gasteiger partial charge is 0.123 e. The lowest BCUT2D eigenvalue weighted by molar-refractivity contribution is -0.0172. The highest BCUT2D eigenvalue weighted by atomic mass is 19.1. The molecule has 0 bridgehead atoms. The molecule has 1 aromatic carbocycles. The van der Waals surface area contributed by atoms with E-state index in [4.69, 9.17) is 15.6 Å². The molecule has 0 saturated carbocycles. The van der Waals surface area contributed by atoms with Crippen molar-refractivity contribution in [1.82, 2.24) is 4.90 Å². The van der Waals surface area contributed by atoms with Crippen LogP contribution in [0, 0.1) is 5.82 Å². The van der Waals surface area contributed by atoms with Gasteiger partial charge in [0.05, 0.1) is 19.3 Å². The highest BCUT2D eigenvalue weighted by Crippen LogP contribution is 2.27. The van der Waals surface area contributed by atoms with Crippen LogP contribution in [0.25, 0.3) is 0 Å². The fraction of sp³-hybridized carbons (Fsp3) is 0.625. The maximum Gasteiger partial charge on any atom is 0.123 e. The summed E-state index contributed by atoms with van der Waals surface area (Å²) in [7, 11) is 0. The Kier molecular flexibility index (Phi) is 6.11. The quantitative estimate of drug-likeness (QED) is 0.838. The number of halogens is 1. The highest BCUT2D eigenvalue weighted by molar-refractivity contribution is 5.21. The molecule has 2 rings (SSSR count). The second-order valence-corrected chi connectivity index (χ2v) is 5.69. The van der Waals surface area contributed by atoms with Gasteiger partial charge in [-0.15, -0.1) is 0 Å². The van der Waals surface area contributed by atoms with E-state index in [9.17, 15) is 4.39 Å². The minimum atomic E-state index is -0.224. The Balaban J connectivity index is 1.99. The van der Waals surface area contributed by atoms with Crippen molar-refractivity contribution in [2.75, 3.05) is 26.3 Å². The van der Waals surface area contributed by atoms with Crippen molar-refractivity contribution >= 4 is 0 Å². The van der Waals surface area contributed by atoms with E-state index in [1.165, 1.54) is 12.1 Å². The molecule has 21 heavy (non-hydrogen) atoms. The van der Waals surface area contributed by atoms with Gasteiger partial charge in [0.2, 0.25) is 0 Å². The number of rotatable bonds is 6. The van der Waals surface area contributed by atoms with Gasteiger partial charge in [-0.1, -0.05) is 12.1 Å². The van der Waals surface area contributed by atoms with Gasteiger partial charge in [0.1, 0.15) is 5.82 Å². The third kappa shape index (κ3) is 4.48. The third-order valence-corrected chi connectivity index (χ3v) is 4.02. The van der Waals surface area contributed by atoms with Crippen molar-refractivity contribution in [2.24, 2.45) is 5.73 Å². The number of hydrogen-bond donors (Lipinski definition) is 2. The number of ether oxygens (including phenoxy) is 1. The van der Waals surface area contributed by atoms with E-state index in [0.29, 0.717) is 6.61 Å². The average molecular weight is 296 g/mol. The number of likely N-dealkylation sites (tertiary alicyclic amines) is 1. The molecule has 3 N–H and O–H groups in total. The third-order valence-electron chi connectivity index (χ3n) is 4.02. The first-order valence-electron chi connectivity index (χ1n) is 7.59. The van der Waals surface area contributed by atoms with Crippen LogP contribution >= 0.6 is 0 Å². The zero-order valence-corrected chi connectivity index (χ0v) is 12.5. The summed E-state index contributed by atoms with van der Waals surface area (Å²) in [5.41, 5.74) is 7.21. The molecule has 5 heteroatoms. The fourth-order valence-electron chi connectivity index (χ4n) is 3.05. The van der Waals surface area contributed by atoms with Crippen LogP contribution in [-0.4, -0.2) is 48.5 Å². The van der Waals surface area contributed by atoms with Crippen molar-refractivity contribution < 1.29 is 14.2 Å². The Morgan fingerprint density at radius 1 is 1.33 bits per heavy atom. The van der Waals surface area contributed by atoms with Crippen molar-refractivity contribution in [1.29, 1.82) is 0 Å². The second-order valence-electron chi connectivity index (χ2n) is 5.69. The number of aliphatic hydroxyl groups excluding tert-OH is 1. The normalized spacial score (nSPS) is 20.4. The van der Waals surface area contributed by atoms with Crippen molar-refractivity contribution in [3.63, 3.8) is 0 Å². The molecule has 0 amide bonds. The van der Waals surface area contributed by atoms with Crippen LogP contribution in [0.5, 0.6) is 0 Å². The van der Waals surface area contributed by atoms with Crippen LogP contribution in [0.15, 0.2) is 24.3 Å². The zero-order chi connectivity index (χ0) is 15.2. The molecule has 118 valence electrons. The van der Waals surface area contributed by atoms with Gasteiger partial charge in [0.25, 0.3) is 0 Å². The summed E-state index contributed by atoms with van der Waals surface area (Å²) in [5, 5.41) is 8.80. The summed E-state index contributed by atoms with van der Waals surface area (Å²) < 4.78 is 18.7. The van der Waals surface area contributed by atoms with Crippen LogP contribution in [-0.2, 0) is 4.74 Å². The van der Waals surface area contributed by atoms with Crippen molar-refractivity contribution in [3.8, 4) is 0 Å². The topological polar surface area (TPSA) is 58.7 Å². The average Bonchev–Trinajstić information content (AvgIpc) is 2.48.